The van der Waals surface area contributed by atoms with Crippen LogP contribution in [0.1, 0.15) is 30.4 Å². The van der Waals surface area contributed by atoms with Crippen LogP contribution in [0.5, 0.6) is 5.75 Å². The van der Waals surface area contributed by atoms with Crippen LogP contribution in [-0.2, 0) is 17.9 Å². The highest BCUT2D eigenvalue weighted by Gasteiger charge is 2.32. The van der Waals surface area contributed by atoms with Crippen molar-refractivity contribution in [3.8, 4) is 16.9 Å². The number of hydrogen-bond acceptors (Lipinski definition) is 4. The van der Waals surface area contributed by atoms with Crippen LogP contribution in [0.4, 0.5) is 13.2 Å². The molecular formula is C22H20F3N3O2. The van der Waals surface area contributed by atoms with Gasteiger partial charge in [-0.2, -0.15) is 0 Å². The molecular weight excluding hydrogens is 395 g/mol. The largest absolute Gasteiger partial charge is 0.573 e. The molecule has 0 spiro atoms. The van der Waals surface area contributed by atoms with Gasteiger partial charge in [-0.1, -0.05) is 30.3 Å². The minimum absolute atomic E-state index is 0.0625. The lowest BCUT2D eigenvalue weighted by Crippen LogP contribution is -2.25. The number of para-hydroxylation sites is 1. The molecule has 5 nitrogen and oxygen atoms in total. The van der Waals surface area contributed by atoms with E-state index in [0.29, 0.717) is 30.6 Å². The Balaban J connectivity index is 1.43. The normalized spacial score (nSPS) is 17.4. The highest BCUT2D eigenvalue weighted by molar-refractivity contribution is 5.82. The first-order chi connectivity index (χ1) is 14.4. The van der Waals surface area contributed by atoms with Gasteiger partial charge in [0.2, 0.25) is 5.91 Å². The first-order valence-corrected chi connectivity index (χ1v) is 9.69. The molecule has 2 aliphatic rings. The molecule has 0 radical (unpaired) electrons. The Bertz CT molecular complexity index is 989. The van der Waals surface area contributed by atoms with Gasteiger partial charge >= 0.3 is 6.36 Å². The number of fused-ring (bicyclic) bond motifs is 1. The molecule has 2 aromatic rings. The van der Waals surface area contributed by atoms with E-state index in [1.54, 1.807) is 29.3 Å². The van der Waals surface area contributed by atoms with Crippen LogP contribution in [-0.4, -0.2) is 35.8 Å². The number of alkyl halides is 3. The fourth-order valence-corrected chi connectivity index (χ4v) is 3.73. The highest BCUT2D eigenvalue weighted by atomic mass is 19.4. The molecule has 156 valence electrons. The van der Waals surface area contributed by atoms with E-state index in [4.69, 9.17) is 0 Å². The van der Waals surface area contributed by atoms with Gasteiger partial charge in [0.15, 0.2) is 0 Å². The van der Waals surface area contributed by atoms with E-state index in [2.05, 4.69) is 14.7 Å². The maximum absolute atomic E-state index is 12.7. The van der Waals surface area contributed by atoms with Crippen molar-refractivity contribution < 1.29 is 22.7 Å². The lowest BCUT2D eigenvalue weighted by Gasteiger charge is -2.15. The smallest absolute Gasteiger partial charge is 0.405 e. The van der Waals surface area contributed by atoms with Crippen molar-refractivity contribution in [3.05, 3.63) is 53.6 Å². The lowest BCUT2D eigenvalue weighted by molar-refractivity contribution is -0.274. The average molecular weight is 415 g/mol. The van der Waals surface area contributed by atoms with Crippen molar-refractivity contribution in [1.29, 1.82) is 0 Å². The summed E-state index contributed by atoms with van der Waals surface area (Å²) < 4.78 is 42.3. The van der Waals surface area contributed by atoms with Crippen LogP contribution in [0.3, 0.4) is 0 Å². The molecule has 1 unspecified atom stereocenters. The minimum atomic E-state index is -4.76. The zero-order valence-corrected chi connectivity index (χ0v) is 16.1. The lowest BCUT2D eigenvalue weighted by atomic mass is 10.00. The van der Waals surface area contributed by atoms with Gasteiger partial charge in [-0.25, -0.2) is 4.99 Å². The Morgan fingerprint density at radius 1 is 1.13 bits per heavy atom. The second-order valence-corrected chi connectivity index (χ2v) is 7.30. The van der Waals surface area contributed by atoms with E-state index in [9.17, 15) is 18.0 Å². The summed E-state index contributed by atoms with van der Waals surface area (Å²) in [4.78, 5) is 22.5. The predicted molar refractivity (Wildman–Crippen MR) is 107 cm³/mol. The van der Waals surface area contributed by atoms with Crippen molar-refractivity contribution in [3.63, 3.8) is 0 Å². The summed E-state index contributed by atoms with van der Waals surface area (Å²) in [5.41, 5.74) is 2.94. The zero-order valence-electron chi connectivity index (χ0n) is 16.1. The van der Waals surface area contributed by atoms with E-state index in [0.717, 1.165) is 24.0 Å². The molecule has 0 N–H and O–H groups in total. The van der Waals surface area contributed by atoms with E-state index in [1.807, 2.05) is 12.1 Å². The molecule has 0 bridgehead atoms. The van der Waals surface area contributed by atoms with Crippen LogP contribution in [0.2, 0.25) is 0 Å². The summed E-state index contributed by atoms with van der Waals surface area (Å²) in [6, 6.07) is 11.6. The number of carbonyl (C=O) groups is 1. The number of aliphatic imine (C=N–C) groups is 2. The Kier molecular flexibility index (Phi) is 5.57. The third-order valence-corrected chi connectivity index (χ3v) is 5.18. The van der Waals surface area contributed by atoms with E-state index in [1.165, 1.54) is 18.5 Å². The fraction of sp³-hybridized carbons (Fsp3) is 0.318. The maximum atomic E-state index is 12.7. The Labute approximate surface area is 171 Å². The number of rotatable bonds is 6. The number of hydrogen-bond donors (Lipinski definition) is 0. The molecule has 2 aliphatic heterocycles. The van der Waals surface area contributed by atoms with Gasteiger partial charge in [-0.3, -0.25) is 9.79 Å². The third kappa shape index (κ3) is 4.69. The van der Waals surface area contributed by atoms with Crippen molar-refractivity contribution in [2.45, 2.75) is 44.8 Å². The molecule has 2 aromatic carbocycles. The summed E-state index contributed by atoms with van der Waals surface area (Å²) >= 11 is 0. The number of amides is 1. The molecule has 4 rings (SSSR count). The van der Waals surface area contributed by atoms with Crippen molar-refractivity contribution in [2.75, 3.05) is 0 Å². The van der Waals surface area contributed by atoms with Gasteiger partial charge in [-0.15, -0.1) is 13.2 Å². The molecule has 1 amide bonds. The summed E-state index contributed by atoms with van der Waals surface area (Å²) in [5.74, 6) is -0.179. The van der Waals surface area contributed by atoms with Crippen molar-refractivity contribution in [2.24, 2.45) is 9.98 Å². The number of benzene rings is 2. The van der Waals surface area contributed by atoms with Gasteiger partial charge < -0.3 is 9.64 Å². The number of nitrogens with zero attached hydrogens (tertiary/aromatic N) is 3. The van der Waals surface area contributed by atoms with E-state index >= 15 is 0 Å². The molecule has 30 heavy (non-hydrogen) atoms. The molecule has 2 heterocycles. The van der Waals surface area contributed by atoms with Crippen molar-refractivity contribution in [1.82, 2.24) is 4.90 Å². The molecule has 0 saturated carbocycles. The van der Waals surface area contributed by atoms with E-state index in [-0.39, 0.29) is 17.7 Å². The molecule has 8 heteroatoms. The molecule has 0 saturated heterocycles. The van der Waals surface area contributed by atoms with E-state index < -0.39 is 6.36 Å². The summed E-state index contributed by atoms with van der Waals surface area (Å²) in [7, 11) is 0. The summed E-state index contributed by atoms with van der Waals surface area (Å²) in [6.07, 6.45) is 0.492. The second kappa shape index (κ2) is 8.30. The zero-order chi connectivity index (χ0) is 21.1. The molecule has 0 aromatic heterocycles. The van der Waals surface area contributed by atoms with Gasteiger partial charge in [0.05, 0.1) is 6.04 Å². The standard InChI is InChI=1S/C22H20F3N3O2/c23-22(24,25)30-20-6-2-1-5-19(20)15-8-9-16-12-28(13-17(16)10-15)21(29)7-3-4-18-11-26-14-27-18/h1-2,5-6,8-11,14,18H,3-4,7,12-13H2. The van der Waals surface area contributed by atoms with Crippen LogP contribution in [0.25, 0.3) is 11.1 Å². The average Bonchev–Trinajstić information content (AvgIpc) is 3.36. The van der Waals surface area contributed by atoms with Gasteiger partial charge in [-0.05, 0) is 41.7 Å². The van der Waals surface area contributed by atoms with Crippen molar-refractivity contribution >= 4 is 18.5 Å². The van der Waals surface area contributed by atoms with Crippen LogP contribution in [0.15, 0.2) is 52.4 Å². The van der Waals surface area contributed by atoms with Gasteiger partial charge in [0.1, 0.15) is 12.1 Å². The quantitative estimate of drug-likeness (QED) is 0.684. The van der Waals surface area contributed by atoms with Gasteiger partial charge in [0.25, 0.3) is 0 Å². The number of halogens is 3. The third-order valence-electron chi connectivity index (χ3n) is 5.18. The highest BCUT2D eigenvalue weighted by Crippen LogP contribution is 2.36. The first kappa shape index (κ1) is 20.1. The van der Waals surface area contributed by atoms with Gasteiger partial charge in [0, 0.05) is 31.3 Å². The summed E-state index contributed by atoms with van der Waals surface area (Å²) in [6.45, 7) is 0.964. The summed E-state index contributed by atoms with van der Waals surface area (Å²) in [5, 5.41) is 0. The molecule has 0 fully saturated rings. The maximum Gasteiger partial charge on any atom is 0.573 e. The minimum Gasteiger partial charge on any atom is -0.405 e. The van der Waals surface area contributed by atoms with Crippen LogP contribution < -0.4 is 4.74 Å². The number of ether oxygens (including phenoxy) is 1. The monoisotopic (exact) mass is 415 g/mol. The SMILES string of the molecule is O=C(CCCC1C=NC=N1)N1Cc2ccc(-c3ccccc3OC(F)(F)F)cc2C1. The molecule has 1 atom stereocenters. The Morgan fingerprint density at radius 2 is 1.93 bits per heavy atom. The van der Waals surface area contributed by atoms with Crippen LogP contribution in [0, 0.1) is 0 Å². The topological polar surface area (TPSA) is 54.3 Å². The first-order valence-electron chi connectivity index (χ1n) is 9.69. The fourth-order valence-electron chi connectivity index (χ4n) is 3.73. The number of carbonyl (C=O) groups excluding carboxylic acids is 1. The molecule has 0 aliphatic carbocycles. The second-order valence-electron chi connectivity index (χ2n) is 7.30. The van der Waals surface area contributed by atoms with Crippen LogP contribution >= 0.6 is 0 Å². The predicted octanol–water partition coefficient (Wildman–Crippen LogP) is 4.75. The Morgan fingerprint density at radius 3 is 2.70 bits per heavy atom. The Hall–Kier alpha value is -3.16.